The minimum atomic E-state index is -0.0189. The maximum absolute atomic E-state index is 11.3. The fourth-order valence-corrected chi connectivity index (χ4v) is 1.02. The third-order valence-corrected chi connectivity index (χ3v) is 1.99. The Morgan fingerprint density at radius 1 is 1.25 bits per heavy atom. The lowest BCUT2D eigenvalue weighted by Gasteiger charge is -2.19. The number of unbranched alkanes of at least 4 members (excludes halogenated alkanes) is 1. The van der Waals surface area contributed by atoms with Crippen molar-refractivity contribution in [2.24, 2.45) is 0 Å². The maximum Gasteiger partial charge on any atom is 0.234 e. The number of amides is 1. The standard InChI is InChI=1S/C12H26N2O2/c1-5-6-8-16-9-7-13-11(15)10-14-12(2,3)4/h14H,5-10H2,1-4H3,(H,13,15). The number of carbonyl (C=O) groups excluding carboxylic acids is 1. The van der Waals surface area contributed by atoms with Crippen LogP contribution in [0.25, 0.3) is 0 Å². The van der Waals surface area contributed by atoms with Crippen LogP contribution in [0.15, 0.2) is 0 Å². The van der Waals surface area contributed by atoms with Gasteiger partial charge in [-0.05, 0) is 27.2 Å². The highest BCUT2D eigenvalue weighted by molar-refractivity contribution is 5.78. The van der Waals surface area contributed by atoms with Gasteiger partial charge in [0.1, 0.15) is 0 Å². The van der Waals surface area contributed by atoms with Gasteiger partial charge in [-0.15, -0.1) is 0 Å². The Morgan fingerprint density at radius 2 is 1.94 bits per heavy atom. The average Bonchev–Trinajstić information content (AvgIpc) is 2.19. The second-order valence-electron chi connectivity index (χ2n) is 4.92. The molecule has 0 rings (SSSR count). The fraction of sp³-hybridized carbons (Fsp3) is 0.917. The molecule has 0 saturated carbocycles. The van der Waals surface area contributed by atoms with E-state index in [1.807, 2.05) is 20.8 Å². The average molecular weight is 230 g/mol. The molecule has 0 bridgehead atoms. The summed E-state index contributed by atoms with van der Waals surface area (Å²) in [5, 5.41) is 5.94. The van der Waals surface area contributed by atoms with Crippen molar-refractivity contribution >= 4 is 5.91 Å². The molecular formula is C12H26N2O2. The van der Waals surface area contributed by atoms with E-state index in [4.69, 9.17) is 4.74 Å². The van der Waals surface area contributed by atoms with E-state index < -0.39 is 0 Å². The molecule has 0 aromatic rings. The molecule has 0 aromatic carbocycles. The Bertz CT molecular complexity index is 188. The quantitative estimate of drug-likeness (QED) is 0.618. The van der Waals surface area contributed by atoms with Gasteiger partial charge in [-0.25, -0.2) is 0 Å². The molecule has 4 nitrogen and oxygen atoms in total. The van der Waals surface area contributed by atoms with Crippen molar-refractivity contribution in [1.82, 2.24) is 10.6 Å². The minimum Gasteiger partial charge on any atom is -0.380 e. The van der Waals surface area contributed by atoms with Crippen LogP contribution in [0.1, 0.15) is 40.5 Å². The normalized spacial score (nSPS) is 11.5. The van der Waals surface area contributed by atoms with Crippen LogP contribution in [0.5, 0.6) is 0 Å². The lowest BCUT2D eigenvalue weighted by Crippen LogP contribution is -2.43. The van der Waals surface area contributed by atoms with Gasteiger partial charge in [-0.2, -0.15) is 0 Å². The monoisotopic (exact) mass is 230 g/mol. The van der Waals surface area contributed by atoms with Crippen molar-refractivity contribution in [3.63, 3.8) is 0 Å². The first-order valence-electron chi connectivity index (χ1n) is 6.05. The summed E-state index contributed by atoms with van der Waals surface area (Å²) < 4.78 is 5.33. The first kappa shape index (κ1) is 15.4. The Morgan fingerprint density at radius 3 is 2.50 bits per heavy atom. The van der Waals surface area contributed by atoms with Gasteiger partial charge in [0, 0.05) is 18.7 Å². The van der Waals surface area contributed by atoms with Crippen LogP contribution in [0, 0.1) is 0 Å². The number of nitrogens with one attached hydrogen (secondary N) is 2. The summed E-state index contributed by atoms with van der Waals surface area (Å²) in [6.45, 7) is 10.6. The second-order valence-corrected chi connectivity index (χ2v) is 4.92. The van der Waals surface area contributed by atoms with E-state index in [-0.39, 0.29) is 11.4 Å². The Hall–Kier alpha value is -0.610. The van der Waals surface area contributed by atoms with Crippen molar-refractivity contribution in [3.05, 3.63) is 0 Å². The molecule has 96 valence electrons. The van der Waals surface area contributed by atoms with Gasteiger partial charge in [-0.1, -0.05) is 13.3 Å². The summed E-state index contributed by atoms with van der Waals surface area (Å²) in [5.74, 6) is 0.0222. The van der Waals surface area contributed by atoms with Gasteiger partial charge in [0.05, 0.1) is 13.2 Å². The first-order valence-corrected chi connectivity index (χ1v) is 6.05. The van der Waals surface area contributed by atoms with Crippen LogP contribution in [0.3, 0.4) is 0 Å². The molecule has 0 atom stereocenters. The minimum absolute atomic E-state index is 0.0189. The van der Waals surface area contributed by atoms with E-state index in [9.17, 15) is 4.79 Å². The van der Waals surface area contributed by atoms with Gasteiger partial charge in [0.15, 0.2) is 0 Å². The van der Waals surface area contributed by atoms with Crippen LogP contribution in [0.4, 0.5) is 0 Å². The molecule has 0 heterocycles. The van der Waals surface area contributed by atoms with E-state index >= 15 is 0 Å². The molecular weight excluding hydrogens is 204 g/mol. The summed E-state index contributed by atoms with van der Waals surface area (Å²) in [5.41, 5.74) is -0.0189. The van der Waals surface area contributed by atoms with Crippen molar-refractivity contribution < 1.29 is 9.53 Å². The SMILES string of the molecule is CCCCOCCNC(=O)CNC(C)(C)C. The molecule has 1 amide bonds. The molecule has 0 unspecified atom stereocenters. The molecule has 2 N–H and O–H groups in total. The summed E-state index contributed by atoms with van der Waals surface area (Å²) in [7, 11) is 0. The third kappa shape index (κ3) is 11.5. The highest BCUT2D eigenvalue weighted by Crippen LogP contribution is 1.96. The van der Waals surface area contributed by atoms with Gasteiger partial charge in [0.2, 0.25) is 5.91 Å². The zero-order valence-corrected chi connectivity index (χ0v) is 11.1. The topological polar surface area (TPSA) is 50.4 Å². The molecule has 0 radical (unpaired) electrons. The number of carbonyl (C=O) groups is 1. The Labute approximate surface area is 99.1 Å². The number of hydrogen-bond donors (Lipinski definition) is 2. The Kier molecular flexibility index (Phi) is 8.21. The highest BCUT2D eigenvalue weighted by atomic mass is 16.5. The van der Waals surface area contributed by atoms with Crippen LogP contribution in [-0.2, 0) is 9.53 Å². The zero-order valence-electron chi connectivity index (χ0n) is 11.1. The summed E-state index contributed by atoms with van der Waals surface area (Å²) in [6.07, 6.45) is 2.22. The summed E-state index contributed by atoms with van der Waals surface area (Å²) in [6, 6.07) is 0. The molecule has 0 spiro atoms. The molecule has 0 saturated heterocycles. The van der Waals surface area contributed by atoms with Gasteiger partial charge in [0.25, 0.3) is 0 Å². The first-order chi connectivity index (χ1) is 7.45. The maximum atomic E-state index is 11.3. The van der Waals surface area contributed by atoms with Crippen molar-refractivity contribution in [3.8, 4) is 0 Å². The second kappa shape index (κ2) is 8.53. The van der Waals surface area contributed by atoms with Crippen molar-refractivity contribution in [2.75, 3.05) is 26.3 Å². The number of hydrogen-bond acceptors (Lipinski definition) is 3. The summed E-state index contributed by atoms with van der Waals surface area (Å²) >= 11 is 0. The van der Waals surface area contributed by atoms with Crippen molar-refractivity contribution in [2.45, 2.75) is 46.1 Å². The van der Waals surface area contributed by atoms with Gasteiger partial charge < -0.3 is 15.4 Å². The van der Waals surface area contributed by atoms with Crippen LogP contribution >= 0.6 is 0 Å². The molecule has 0 fully saturated rings. The lowest BCUT2D eigenvalue weighted by molar-refractivity contribution is -0.120. The van der Waals surface area contributed by atoms with Gasteiger partial charge >= 0.3 is 0 Å². The lowest BCUT2D eigenvalue weighted by atomic mass is 10.1. The van der Waals surface area contributed by atoms with E-state index in [1.165, 1.54) is 0 Å². The van der Waals surface area contributed by atoms with Crippen molar-refractivity contribution in [1.29, 1.82) is 0 Å². The predicted molar refractivity (Wildman–Crippen MR) is 66.5 cm³/mol. The predicted octanol–water partition coefficient (Wildman–Crippen LogP) is 1.31. The largest absolute Gasteiger partial charge is 0.380 e. The molecule has 16 heavy (non-hydrogen) atoms. The van der Waals surface area contributed by atoms with E-state index in [0.29, 0.717) is 19.7 Å². The molecule has 0 aliphatic heterocycles. The number of rotatable bonds is 8. The highest BCUT2D eigenvalue weighted by Gasteiger charge is 2.10. The van der Waals surface area contributed by atoms with Crippen LogP contribution in [0.2, 0.25) is 0 Å². The molecule has 4 heteroatoms. The molecule has 0 aliphatic rings. The van der Waals surface area contributed by atoms with Crippen LogP contribution < -0.4 is 10.6 Å². The van der Waals surface area contributed by atoms with E-state index in [0.717, 1.165) is 19.4 Å². The molecule has 0 aliphatic carbocycles. The zero-order chi connectivity index (χ0) is 12.4. The van der Waals surface area contributed by atoms with E-state index in [1.54, 1.807) is 0 Å². The van der Waals surface area contributed by atoms with E-state index in [2.05, 4.69) is 17.6 Å². The smallest absolute Gasteiger partial charge is 0.234 e. The molecule has 0 aromatic heterocycles. The third-order valence-electron chi connectivity index (χ3n) is 1.99. The number of ether oxygens (including phenoxy) is 1. The fourth-order valence-electron chi connectivity index (χ4n) is 1.02. The van der Waals surface area contributed by atoms with Crippen LogP contribution in [-0.4, -0.2) is 37.7 Å². The summed E-state index contributed by atoms with van der Waals surface area (Å²) in [4.78, 5) is 11.3. The Balaban J connectivity index is 3.31. The van der Waals surface area contributed by atoms with Gasteiger partial charge in [-0.3, -0.25) is 4.79 Å².